The molecule has 0 aliphatic heterocycles. The Bertz CT molecular complexity index is 579. The number of carbonyl (C=O) groups is 1. The second-order valence-corrected chi connectivity index (χ2v) is 4.44. The van der Waals surface area contributed by atoms with Crippen molar-refractivity contribution in [3.8, 4) is 11.3 Å². The zero-order chi connectivity index (χ0) is 13.1. The number of rotatable bonds is 4. The number of ether oxygens (including phenoxy) is 1. The second-order valence-electron chi connectivity index (χ2n) is 3.59. The van der Waals surface area contributed by atoms with Crippen LogP contribution in [0.25, 0.3) is 11.3 Å². The predicted molar refractivity (Wildman–Crippen MR) is 67.3 cm³/mol. The molecule has 1 aromatic carbocycles. The molecule has 0 saturated carbocycles. The van der Waals surface area contributed by atoms with Crippen molar-refractivity contribution in [3.63, 3.8) is 0 Å². The van der Waals surface area contributed by atoms with Gasteiger partial charge < -0.3 is 14.4 Å². The highest BCUT2D eigenvalue weighted by Crippen LogP contribution is 2.32. The largest absolute Gasteiger partial charge is 0.476 e. The lowest BCUT2D eigenvalue weighted by Crippen LogP contribution is -1.95. The van der Waals surface area contributed by atoms with Gasteiger partial charge in [0.2, 0.25) is 0 Å². The van der Waals surface area contributed by atoms with Crippen molar-refractivity contribution in [2.24, 2.45) is 0 Å². The van der Waals surface area contributed by atoms with E-state index < -0.39 is 5.97 Å². The SMILES string of the molecule is COCc1cccc(Br)c1-c1cc(C(=O)O)no1. The summed E-state index contributed by atoms with van der Waals surface area (Å²) in [5, 5.41) is 12.3. The molecule has 2 rings (SSSR count). The molecule has 94 valence electrons. The highest BCUT2D eigenvalue weighted by molar-refractivity contribution is 9.10. The molecule has 1 heterocycles. The molecule has 0 unspecified atom stereocenters. The number of hydrogen-bond donors (Lipinski definition) is 1. The summed E-state index contributed by atoms with van der Waals surface area (Å²) in [6.45, 7) is 0.401. The smallest absolute Gasteiger partial charge is 0.358 e. The van der Waals surface area contributed by atoms with Crippen molar-refractivity contribution < 1.29 is 19.2 Å². The summed E-state index contributed by atoms with van der Waals surface area (Å²) in [5.74, 6) is -0.725. The van der Waals surface area contributed by atoms with Crippen LogP contribution < -0.4 is 0 Å². The van der Waals surface area contributed by atoms with Crippen LogP contribution >= 0.6 is 15.9 Å². The van der Waals surface area contributed by atoms with Gasteiger partial charge in [-0.05, 0) is 11.6 Å². The van der Waals surface area contributed by atoms with Crippen molar-refractivity contribution in [1.29, 1.82) is 0 Å². The van der Waals surface area contributed by atoms with Crippen molar-refractivity contribution in [2.75, 3.05) is 7.11 Å². The maximum absolute atomic E-state index is 10.8. The third kappa shape index (κ3) is 2.44. The Morgan fingerprint density at radius 2 is 2.33 bits per heavy atom. The minimum atomic E-state index is -1.12. The van der Waals surface area contributed by atoms with E-state index in [1.165, 1.54) is 6.07 Å². The number of hydrogen-bond acceptors (Lipinski definition) is 4. The van der Waals surface area contributed by atoms with E-state index in [2.05, 4.69) is 21.1 Å². The first-order chi connectivity index (χ1) is 8.63. The fraction of sp³-hybridized carbons (Fsp3) is 0.167. The summed E-state index contributed by atoms with van der Waals surface area (Å²) >= 11 is 3.41. The Labute approximate surface area is 111 Å². The number of aromatic nitrogens is 1. The lowest BCUT2D eigenvalue weighted by Gasteiger charge is -2.07. The number of benzene rings is 1. The van der Waals surface area contributed by atoms with Gasteiger partial charge in [0.1, 0.15) is 0 Å². The molecule has 1 aromatic heterocycles. The molecular weight excluding hydrogens is 302 g/mol. The Balaban J connectivity index is 2.51. The highest BCUT2D eigenvalue weighted by atomic mass is 79.9. The molecule has 2 aromatic rings. The van der Waals surface area contributed by atoms with Crippen LogP contribution in [0.5, 0.6) is 0 Å². The molecule has 0 atom stereocenters. The van der Waals surface area contributed by atoms with E-state index in [-0.39, 0.29) is 5.69 Å². The van der Waals surface area contributed by atoms with Crippen LogP contribution in [-0.4, -0.2) is 23.3 Å². The van der Waals surface area contributed by atoms with Gasteiger partial charge in [-0.25, -0.2) is 4.79 Å². The zero-order valence-electron chi connectivity index (χ0n) is 9.51. The normalized spacial score (nSPS) is 10.6. The van der Waals surface area contributed by atoms with Gasteiger partial charge >= 0.3 is 5.97 Å². The first-order valence-corrected chi connectivity index (χ1v) is 5.89. The molecule has 6 heteroatoms. The van der Waals surface area contributed by atoms with E-state index in [1.807, 2.05) is 18.2 Å². The standard InChI is InChI=1S/C12H10BrNO4/c1-17-6-7-3-2-4-8(13)11(7)10-5-9(12(15)16)14-18-10/h2-5H,6H2,1H3,(H,15,16). The maximum atomic E-state index is 10.8. The molecule has 0 spiro atoms. The molecule has 0 aliphatic rings. The van der Waals surface area contributed by atoms with Crippen LogP contribution in [-0.2, 0) is 11.3 Å². The van der Waals surface area contributed by atoms with Crippen LogP contribution in [0.2, 0.25) is 0 Å². The Morgan fingerprint density at radius 1 is 1.56 bits per heavy atom. The Kier molecular flexibility index (Phi) is 3.78. The summed E-state index contributed by atoms with van der Waals surface area (Å²) in [6.07, 6.45) is 0. The summed E-state index contributed by atoms with van der Waals surface area (Å²) < 4.78 is 11.0. The van der Waals surface area contributed by atoms with Gasteiger partial charge in [0, 0.05) is 23.2 Å². The lowest BCUT2D eigenvalue weighted by molar-refractivity contribution is 0.0686. The van der Waals surface area contributed by atoms with Crippen molar-refractivity contribution >= 4 is 21.9 Å². The van der Waals surface area contributed by atoms with Gasteiger partial charge in [0.05, 0.1) is 6.61 Å². The monoisotopic (exact) mass is 311 g/mol. The number of carboxylic acid groups (broad SMARTS) is 1. The molecule has 0 saturated heterocycles. The van der Waals surface area contributed by atoms with Crippen molar-refractivity contribution in [2.45, 2.75) is 6.61 Å². The van der Waals surface area contributed by atoms with Gasteiger partial charge in [-0.3, -0.25) is 0 Å². The Hall–Kier alpha value is -1.66. The van der Waals surface area contributed by atoms with E-state index in [9.17, 15) is 4.79 Å². The summed E-state index contributed by atoms with van der Waals surface area (Å²) in [4.78, 5) is 10.8. The number of halogens is 1. The van der Waals surface area contributed by atoms with Gasteiger partial charge in [0.15, 0.2) is 11.5 Å². The fourth-order valence-electron chi connectivity index (χ4n) is 1.61. The molecule has 0 radical (unpaired) electrons. The molecule has 18 heavy (non-hydrogen) atoms. The minimum absolute atomic E-state index is 0.121. The first kappa shape index (κ1) is 12.8. The summed E-state index contributed by atoms with van der Waals surface area (Å²) in [5.41, 5.74) is 1.52. The number of carboxylic acids is 1. The molecular formula is C12H10BrNO4. The fourth-order valence-corrected chi connectivity index (χ4v) is 2.22. The van der Waals surface area contributed by atoms with Crippen LogP contribution in [0, 0.1) is 0 Å². The van der Waals surface area contributed by atoms with Crippen LogP contribution in [0.15, 0.2) is 33.3 Å². The molecule has 1 N–H and O–H groups in total. The van der Waals surface area contributed by atoms with E-state index in [0.29, 0.717) is 12.4 Å². The van der Waals surface area contributed by atoms with Crippen LogP contribution in [0.3, 0.4) is 0 Å². The first-order valence-electron chi connectivity index (χ1n) is 5.10. The molecule has 0 bridgehead atoms. The third-order valence-electron chi connectivity index (χ3n) is 2.38. The van der Waals surface area contributed by atoms with Gasteiger partial charge in [-0.15, -0.1) is 0 Å². The van der Waals surface area contributed by atoms with Gasteiger partial charge in [0.25, 0.3) is 0 Å². The molecule has 5 nitrogen and oxygen atoms in total. The van der Waals surface area contributed by atoms with Crippen LogP contribution in [0.4, 0.5) is 0 Å². The second kappa shape index (κ2) is 5.32. The highest BCUT2D eigenvalue weighted by Gasteiger charge is 2.17. The quantitative estimate of drug-likeness (QED) is 0.939. The molecule has 0 fully saturated rings. The molecule has 0 amide bonds. The van der Waals surface area contributed by atoms with E-state index in [0.717, 1.165) is 15.6 Å². The number of methoxy groups -OCH3 is 1. The Morgan fingerprint density at radius 3 is 2.94 bits per heavy atom. The maximum Gasteiger partial charge on any atom is 0.358 e. The van der Waals surface area contributed by atoms with Gasteiger partial charge in [-0.2, -0.15) is 0 Å². The third-order valence-corrected chi connectivity index (χ3v) is 3.04. The number of nitrogens with zero attached hydrogens (tertiary/aromatic N) is 1. The lowest BCUT2D eigenvalue weighted by atomic mass is 10.1. The minimum Gasteiger partial charge on any atom is -0.476 e. The summed E-state index contributed by atoms with van der Waals surface area (Å²) in [6, 6.07) is 6.99. The van der Waals surface area contributed by atoms with Crippen LogP contribution in [0.1, 0.15) is 16.1 Å². The predicted octanol–water partition coefficient (Wildman–Crippen LogP) is 2.95. The van der Waals surface area contributed by atoms with E-state index in [4.69, 9.17) is 14.4 Å². The average Bonchev–Trinajstić information content (AvgIpc) is 2.79. The molecule has 0 aliphatic carbocycles. The van der Waals surface area contributed by atoms with Crippen molar-refractivity contribution in [3.05, 3.63) is 40.0 Å². The average molecular weight is 312 g/mol. The number of aromatic carboxylic acids is 1. The van der Waals surface area contributed by atoms with Crippen molar-refractivity contribution in [1.82, 2.24) is 5.16 Å². The summed E-state index contributed by atoms with van der Waals surface area (Å²) in [7, 11) is 1.59. The van der Waals surface area contributed by atoms with E-state index in [1.54, 1.807) is 7.11 Å². The zero-order valence-corrected chi connectivity index (χ0v) is 11.1. The van der Waals surface area contributed by atoms with E-state index >= 15 is 0 Å². The van der Waals surface area contributed by atoms with Gasteiger partial charge in [-0.1, -0.05) is 33.2 Å². The topological polar surface area (TPSA) is 72.6 Å².